The van der Waals surface area contributed by atoms with E-state index < -0.39 is 11.7 Å². The van der Waals surface area contributed by atoms with E-state index in [1.165, 1.54) is 18.2 Å². The first kappa shape index (κ1) is 20.1. The van der Waals surface area contributed by atoms with E-state index in [0.29, 0.717) is 25.2 Å². The van der Waals surface area contributed by atoms with Crippen LogP contribution in [0.15, 0.2) is 36.4 Å². The summed E-state index contributed by atoms with van der Waals surface area (Å²) in [5.41, 5.74) is 2.54. The van der Waals surface area contributed by atoms with Gasteiger partial charge in [0, 0.05) is 25.2 Å². The number of carbonyl (C=O) groups is 2. The molecule has 1 aliphatic rings. The molecule has 1 fully saturated rings. The Balaban J connectivity index is 1.57. The summed E-state index contributed by atoms with van der Waals surface area (Å²) in [6.07, 6.45) is 0.849. The summed E-state index contributed by atoms with van der Waals surface area (Å²) < 4.78 is 18.6. The molecule has 0 bridgehead atoms. The Hall–Kier alpha value is -2.60. The van der Waals surface area contributed by atoms with Crippen LogP contribution in [-0.4, -0.2) is 36.9 Å². The van der Waals surface area contributed by atoms with E-state index in [1.807, 2.05) is 25.1 Å². The van der Waals surface area contributed by atoms with Crippen molar-refractivity contribution >= 4 is 29.1 Å². The first-order valence-corrected chi connectivity index (χ1v) is 9.42. The average Bonchev–Trinajstić information content (AvgIpc) is 3.05. The number of ether oxygens (including phenoxy) is 1. The number of carbonyl (C=O) groups excluding carboxylic acids is 2. The molecular weight excluding hydrogens is 383 g/mol. The van der Waals surface area contributed by atoms with E-state index in [9.17, 15) is 14.0 Å². The summed E-state index contributed by atoms with van der Waals surface area (Å²) in [6.45, 7) is 2.88. The predicted molar refractivity (Wildman–Crippen MR) is 106 cm³/mol. The Kier molecular flexibility index (Phi) is 6.19. The van der Waals surface area contributed by atoms with Crippen LogP contribution < -0.4 is 10.1 Å². The minimum absolute atomic E-state index is 0.0450. The van der Waals surface area contributed by atoms with Gasteiger partial charge in [0.1, 0.15) is 11.6 Å². The number of benzene rings is 2. The molecule has 2 aromatic carbocycles. The zero-order valence-corrected chi connectivity index (χ0v) is 16.6. The molecule has 1 unspecified atom stereocenters. The van der Waals surface area contributed by atoms with Crippen LogP contribution in [0.4, 0.5) is 10.1 Å². The Morgan fingerprint density at radius 1 is 1.32 bits per heavy atom. The third-order valence-electron chi connectivity index (χ3n) is 4.92. The number of hydrogen-bond donors (Lipinski definition) is 1. The van der Waals surface area contributed by atoms with Crippen molar-refractivity contribution in [3.05, 3.63) is 58.4 Å². The lowest BCUT2D eigenvalue weighted by Gasteiger charge is -2.17. The van der Waals surface area contributed by atoms with Crippen molar-refractivity contribution in [2.75, 3.05) is 25.5 Å². The molecule has 1 aliphatic heterocycles. The topological polar surface area (TPSA) is 58.6 Å². The predicted octanol–water partition coefficient (Wildman–Crippen LogP) is 3.83. The van der Waals surface area contributed by atoms with Gasteiger partial charge >= 0.3 is 0 Å². The van der Waals surface area contributed by atoms with Crippen molar-refractivity contribution in [1.82, 2.24) is 4.90 Å². The highest BCUT2D eigenvalue weighted by molar-refractivity contribution is 6.31. The van der Waals surface area contributed by atoms with E-state index in [1.54, 1.807) is 12.0 Å². The number of aryl methyl sites for hydroxylation is 1. The third-order valence-corrected chi connectivity index (χ3v) is 5.20. The van der Waals surface area contributed by atoms with Crippen LogP contribution in [0.1, 0.15) is 17.5 Å². The highest BCUT2D eigenvalue weighted by Gasteiger charge is 2.34. The molecule has 7 heteroatoms. The van der Waals surface area contributed by atoms with Crippen molar-refractivity contribution < 1.29 is 18.7 Å². The number of methoxy groups -OCH3 is 1. The Morgan fingerprint density at radius 2 is 2.11 bits per heavy atom. The third kappa shape index (κ3) is 4.62. The van der Waals surface area contributed by atoms with Crippen molar-refractivity contribution in [3.8, 4) is 5.75 Å². The van der Waals surface area contributed by atoms with Gasteiger partial charge in [-0.3, -0.25) is 9.59 Å². The fourth-order valence-electron chi connectivity index (χ4n) is 3.27. The Bertz CT molecular complexity index is 903. The lowest BCUT2D eigenvalue weighted by atomic mass is 10.1. The largest absolute Gasteiger partial charge is 0.496 e. The second kappa shape index (κ2) is 8.61. The van der Waals surface area contributed by atoms with Crippen LogP contribution >= 0.6 is 11.6 Å². The molecule has 0 saturated carbocycles. The van der Waals surface area contributed by atoms with E-state index in [-0.39, 0.29) is 23.3 Å². The van der Waals surface area contributed by atoms with Gasteiger partial charge in [0.05, 0.1) is 18.1 Å². The maximum atomic E-state index is 13.2. The molecule has 0 spiro atoms. The molecule has 5 nitrogen and oxygen atoms in total. The van der Waals surface area contributed by atoms with Gasteiger partial charge in [0.25, 0.3) is 0 Å². The number of amides is 2. The van der Waals surface area contributed by atoms with E-state index in [0.717, 1.165) is 16.9 Å². The molecule has 0 aromatic heterocycles. The van der Waals surface area contributed by atoms with Crippen LogP contribution in [-0.2, 0) is 16.0 Å². The standard InChI is InChI=1S/C21H22ClFN2O3/c1-13-3-4-14(9-19(13)28-2)7-8-25-12-15(10-20(25)26)21(27)24-16-5-6-18(23)17(22)11-16/h3-6,9,11,15H,7-8,10,12H2,1-2H3,(H,24,27). The van der Waals surface area contributed by atoms with Gasteiger partial charge in [0.15, 0.2) is 0 Å². The molecule has 1 N–H and O–H groups in total. The second-order valence-electron chi connectivity index (χ2n) is 6.91. The molecule has 148 valence electrons. The van der Waals surface area contributed by atoms with Gasteiger partial charge in [-0.25, -0.2) is 4.39 Å². The van der Waals surface area contributed by atoms with Crippen LogP contribution in [0, 0.1) is 18.7 Å². The van der Waals surface area contributed by atoms with Gasteiger partial charge in [-0.05, 0) is 48.7 Å². The maximum absolute atomic E-state index is 13.2. The monoisotopic (exact) mass is 404 g/mol. The summed E-state index contributed by atoms with van der Waals surface area (Å²) in [6, 6.07) is 9.97. The van der Waals surface area contributed by atoms with E-state index in [4.69, 9.17) is 16.3 Å². The first-order chi connectivity index (χ1) is 13.4. The molecule has 2 amide bonds. The van der Waals surface area contributed by atoms with E-state index >= 15 is 0 Å². The SMILES string of the molecule is COc1cc(CCN2CC(C(=O)Nc3ccc(F)c(Cl)c3)CC2=O)ccc1C. The van der Waals surface area contributed by atoms with Gasteiger partial charge in [-0.2, -0.15) is 0 Å². The number of halogens is 2. The number of hydrogen-bond acceptors (Lipinski definition) is 3. The van der Waals surface area contributed by atoms with Crippen molar-refractivity contribution in [1.29, 1.82) is 0 Å². The lowest BCUT2D eigenvalue weighted by molar-refractivity contribution is -0.128. The fourth-order valence-corrected chi connectivity index (χ4v) is 3.45. The maximum Gasteiger partial charge on any atom is 0.229 e. The zero-order valence-electron chi connectivity index (χ0n) is 15.8. The summed E-state index contributed by atoms with van der Waals surface area (Å²) >= 11 is 5.74. The molecule has 2 aromatic rings. The van der Waals surface area contributed by atoms with Crippen molar-refractivity contribution in [2.45, 2.75) is 19.8 Å². The van der Waals surface area contributed by atoms with Crippen LogP contribution in [0.25, 0.3) is 0 Å². The van der Waals surface area contributed by atoms with Gasteiger partial charge in [-0.1, -0.05) is 23.7 Å². The van der Waals surface area contributed by atoms with Crippen LogP contribution in [0.5, 0.6) is 5.75 Å². The number of rotatable bonds is 6. The highest BCUT2D eigenvalue weighted by atomic mass is 35.5. The minimum Gasteiger partial charge on any atom is -0.496 e. The van der Waals surface area contributed by atoms with Gasteiger partial charge < -0.3 is 15.0 Å². The first-order valence-electron chi connectivity index (χ1n) is 9.04. The number of anilines is 1. The zero-order chi connectivity index (χ0) is 20.3. The molecule has 1 saturated heterocycles. The summed E-state index contributed by atoms with van der Waals surface area (Å²) in [7, 11) is 1.63. The smallest absolute Gasteiger partial charge is 0.229 e. The van der Waals surface area contributed by atoms with Crippen LogP contribution in [0.2, 0.25) is 5.02 Å². The van der Waals surface area contributed by atoms with Gasteiger partial charge in [0.2, 0.25) is 11.8 Å². The molecule has 0 radical (unpaired) electrons. The molecule has 3 rings (SSSR count). The quantitative estimate of drug-likeness (QED) is 0.796. The molecule has 0 aliphatic carbocycles. The summed E-state index contributed by atoms with van der Waals surface area (Å²) in [5, 5.41) is 2.64. The summed E-state index contributed by atoms with van der Waals surface area (Å²) in [4.78, 5) is 26.4. The normalized spacial score (nSPS) is 16.4. The van der Waals surface area contributed by atoms with Crippen molar-refractivity contribution in [3.63, 3.8) is 0 Å². The number of likely N-dealkylation sites (tertiary alicyclic amines) is 1. The summed E-state index contributed by atoms with van der Waals surface area (Å²) in [5.74, 6) is -0.481. The van der Waals surface area contributed by atoms with E-state index in [2.05, 4.69) is 5.32 Å². The minimum atomic E-state index is -0.547. The van der Waals surface area contributed by atoms with Crippen LogP contribution in [0.3, 0.4) is 0 Å². The molecular formula is C21H22ClFN2O3. The number of nitrogens with one attached hydrogen (secondary N) is 1. The Morgan fingerprint density at radius 3 is 2.82 bits per heavy atom. The lowest BCUT2D eigenvalue weighted by Crippen LogP contribution is -2.30. The highest BCUT2D eigenvalue weighted by Crippen LogP contribution is 2.24. The van der Waals surface area contributed by atoms with Gasteiger partial charge in [-0.15, -0.1) is 0 Å². The van der Waals surface area contributed by atoms with Crippen molar-refractivity contribution in [2.24, 2.45) is 5.92 Å². The molecule has 28 heavy (non-hydrogen) atoms. The Labute approximate surface area is 168 Å². The average molecular weight is 405 g/mol. The number of nitrogens with zero attached hydrogens (tertiary/aromatic N) is 1. The fraction of sp³-hybridized carbons (Fsp3) is 0.333. The second-order valence-corrected chi connectivity index (χ2v) is 7.32. The molecule has 1 atom stereocenters. The molecule has 1 heterocycles.